The minimum atomic E-state index is 0.0567. The number of carbonyl (C=O) groups excluding carboxylic acids is 1. The van der Waals surface area contributed by atoms with E-state index in [1.54, 1.807) is 11.8 Å². The highest BCUT2D eigenvalue weighted by Gasteiger charge is 2.32. The molecule has 0 saturated carbocycles. The van der Waals surface area contributed by atoms with Gasteiger partial charge in [0.1, 0.15) is 0 Å². The maximum absolute atomic E-state index is 12.0. The Morgan fingerprint density at radius 3 is 2.32 bits per heavy atom. The number of imidazole rings is 1. The van der Waals surface area contributed by atoms with Crippen LogP contribution in [-0.2, 0) is 4.79 Å². The summed E-state index contributed by atoms with van der Waals surface area (Å²) in [5.74, 6) is 0.960. The fourth-order valence-corrected chi connectivity index (χ4v) is 4.71. The second-order valence-electron chi connectivity index (χ2n) is 8.12. The zero-order valence-corrected chi connectivity index (χ0v) is 17.1. The van der Waals surface area contributed by atoms with Gasteiger partial charge in [-0.05, 0) is 11.8 Å². The molecule has 0 aliphatic carbocycles. The van der Waals surface area contributed by atoms with E-state index in [9.17, 15) is 4.79 Å². The van der Waals surface area contributed by atoms with Crippen molar-refractivity contribution in [2.45, 2.75) is 37.9 Å². The first-order chi connectivity index (χ1) is 13.5. The Balaban J connectivity index is 1.58. The van der Waals surface area contributed by atoms with Gasteiger partial charge >= 0.3 is 0 Å². The standard InChI is InChI=1S/C23H25N3OS/c1-23(2)13-18(24-19(27)14-23)15-28-22-25-20(16-9-5-3-6-10-16)21(26-22)17-11-7-4-8-12-17/h3-12,18H,13-15H2,1-2H3,(H,24,27)(H,25,26)/t18-/m1/s1. The van der Waals surface area contributed by atoms with Crippen LogP contribution in [0.3, 0.4) is 0 Å². The van der Waals surface area contributed by atoms with Gasteiger partial charge in [-0.1, -0.05) is 86.3 Å². The van der Waals surface area contributed by atoms with Gasteiger partial charge in [0.05, 0.1) is 11.4 Å². The number of hydrogen-bond donors (Lipinski definition) is 2. The number of hydrogen-bond acceptors (Lipinski definition) is 3. The first kappa shape index (κ1) is 18.8. The van der Waals surface area contributed by atoms with Gasteiger partial charge in [-0.25, -0.2) is 4.98 Å². The van der Waals surface area contributed by atoms with Crippen LogP contribution in [0.15, 0.2) is 65.8 Å². The molecule has 1 atom stereocenters. The van der Waals surface area contributed by atoms with Crippen molar-refractivity contribution >= 4 is 17.7 Å². The Bertz CT molecular complexity index is 893. The molecule has 1 aliphatic heterocycles. The average Bonchev–Trinajstić information content (AvgIpc) is 3.11. The van der Waals surface area contributed by atoms with Gasteiger partial charge in [0, 0.05) is 29.3 Å². The van der Waals surface area contributed by atoms with Crippen molar-refractivity contribution in [2.24, 2.45) is 5.41 Å². The Morgan fingerprint density at radius 1 is 1.04 bits per heavy atom. The number of benzene rings is 2. The van der Waals surface area contributed by atoms with E-state index in [0.29, 0.717) is 6.42 Å². The number of thioether (sulfide) groups is 1. The molecule has 2 N–H and O–H groups in total. The zero-order valence-electron chi connectivity index (χ0n) is 16.2. The summed E-state index contributed by atoms with van der Waals surface area (Å²) in [4.78, 5) is 20.4. The fraction of sp³-hybridized carbons (Fsp3) is 0.304. The van der Waals surface area contributed by atoms with Crippen LogP contribution in [0.2, 0.25) is 0 Å². The molecule has 1 aliphatic rings. The smallest absolute Gasteiger partial charge is 0.220 e. The van der Waals surface area contributed by atoms with Crippen molar-refractivity contribution in [3.63, 3.8) is 0 Å². The van der Waals surface area contributed by atoms with Crippen LogP contribution in [0.1, 0.15) is 26.7 Å². The number of nitrogens with zero attached hydrogens (tertiary/aromatic N) is 1. The molecule has 5 heteroatoms. The molecular weight excluding hydrogens is 366 g/mol. The fourth-order valence-electron chi connectivity index (χ4n) is 3.82. The van der Waals surface area contributed by atoms with E-state index in [1.807, 2.05) is 36.4 Å². The SMILES string of the molecule is CC1(C)CC(=O)N[C@@H](CSc2nc(-c3ccccc3)c(-c3ccccc3)[nH]2)C1. The third-order valence-corrected chi connectivity index (χ3v) is 6.05. The summed E-state index contributed by atoms with van der Waals surface area (Å²) in [6.07, 6.45) is 1.59. The van der Waals surface area contributed by atoms with Crippen molar-refractivity contribution in [2.75, 3.05) is 5.75 Å². The molecule has 4 rings (SSSR count). The molecule has 1 saturated heterocycles. The molecular formula is C23H25N3OS. The minimum Gasteiger partial charge on any atom is -0.352 e. The third kappa shape index (κ3) is 4.30. The Kier molecular flexibility index (Phi) is 5.27. The number of amides is 1. The maximum atomic E-state index is 12.0. The van der Waals surface area contributed by atoms with Crippen molar-refractivity contribution in [1.82, 2.24) is 15.3 Å². The van der Waals surface area contributed by atoms with E-state index in [0.717, 1.165) is 39.8 Å². The monoisotopic (exact) mass is 391 g/mol. The molecule has 1 aromatic heterocycles. The van der Waals surface area contributed by atoms with Gasteiger partial charge in [0.2, 0.25) is 5.91 Å². The summed E-state index contributed by atoms with van der Waals surface area (Å²) >= 11 is 1.67. The highest BCUT2D eigenvalue weighted by atomic mass is 32.2. The van der Waals surface area contributed by atoms with Crippen molar-refractivity contribution < 1.29 is 4.79 Å². The van der Waals surface area contributed by atoms with Gasteiger partial charge < -0.3 is 10.3 Å². The molecule has 0 radical (unpaired) electrons. The Hall–Kier alpha value is -2.53. The molecule has 2 heterocycles. The van der Waals surface area contributed by atoms with Gasteiger partial charge in [0.25, 0.3) is 0 Å². The lowest BCUT2D eigenvalue weighted by Crippen LogP contribution is -2.46. The van der Waals surface area contributed by atoms with E-state index < -0.39 is 0 Å². The van der Waals surface area contributed by atoms with Gasteiger partial charge in [0.15, 0.2) is 5.16 Å². The second kappa shape index (κ2) is 7.84. The number of H-pyrrole nitrogens is 1. The number of aromatic nitrogens is 2. The summed E-state index contributed by atoms with van der Waals surface area (Å²) < 4.78 is 0. The van der Waals surface area contributed by atoms with E-state index in [4.69, 9.17) is 4.98 Å². The first-order valence-corrected chi connectivity index (χ1v) is 10.6. The average molecular weight is 392 g/mol. The maximum Gasteiger partial charge on any atom is 0.220 e. The molecule has 28 heavy (non-hydrogen) atoms. The lowest BCUT2D eigenvalue weighted by atomic mass is 9.80. The molecule has 0 spiro atoms. The normalized spacial score (nSPS) is 18.6. The van der Waals surface area contributed by atoms with Crippen molar-refractivity contribution in [3.8, 4) is 22.5 Å². The molecule has 0 bridgehead atoms. The van der Waals surface area contributed by atoms with Crippen LogP contribution in [0, 0.1) is 5.41 Å². The summed E-state index contributed by atoms with van der Waals surface area (Å²) in [5.41, 5.74) is 4.26. The van der Waals surface area contributed by atoms with Gasteiger partial charge in [-0.15, -0.1) is 0 Å². The predicted molar refractivity (Wildman–Crippen MR) is 115 cm³/mol. The summed E-state index contributed by atoms with van der Waals surface area (Å²) in [7, 11) is 0. The van der Waals surface area contributed by atoms with Crippen LogP contribution in [0.25, 0.3) is 22.5 Å². The predicted octanol–water partition coefficient (Wildman–Crippen LogP) is 5.14. The topological polar surface area (TPSA) is 57.8 Å². The molecule has 144 valence electrons. The van der Waals surface area contributed by atoms with Gasteiger partial charge in [-0.3, -0.25) is 4.79 Å². The van der Waals surface area contributed by atoms with Crippen LogP contribution in [0.5, 0.6) is 0 Å². The van der Waals surface area contributed by atoms with Gasteiger partial charge in [-0.2, -0.15) is 0 Å². The van der Waals surface area contributed by atoms with E-state index in [2.05, 4.69) is 48.4 Å². The van der Waals surface area contributed by atoms with Crippen LogP contribution >= 0.6 is 11.8 Å². The summed E-state index contributed by atoms with van der Waals surface area (Å²) in [6, 6.07) is 20.7. The largest absolute Gasteiger partial charge is 0.352 e. The molecule has 4 nitrogen and oxygen atoms in total. The van der Waals surface area contributed by atoms with E-state index in [1.165, 1.54) is 0 Å². The number of carbonyl (C=O) groups is 1. The Labute approximate surface area is 170 Å². The third-order valence-electron chi connectivity index (χ3n) is 5.02. The molecule has 3 aromatic rings. The highest BCUT2D eigenvalue weighted by Crippen LogP contribution is 2.35. The molecule has 1 fully saturated rings. The van der Waals surface area contributed by atoms with Crippen molar-refractivity contribution in [3.05, 3.63) is 60.7 Å². The number of rotatable bonds is 5. The van der Waals surface area contributed by atoms with E-state index >= 15 is 0 Å². The van der Waals surface area contributed by atoms with Crippen LogP contribution in [0.4, 0.5) is 0 Å². The second-order valence-corrected chi connectivity index (χ2v) is 9.13. The number of nitrogens with one attached hydrogen (secondary N) is 2. The van der Waals surface area contributed by atoms with E-state index in [-0.39, 0.29) is 17.4 Å². The van der Waals surface area contributed by atoms with Crippen molar-refractivity contribution in [1.29, 1.82) is 0 Å². The summed E-state index contributed by atoms with van der Waals surface area (Å²) in [6.45, 7) is 4.33. The molecule has 2 aromatic carbocycles. The van der Waals surface area contributed by atoms with Crippen LogP contribution in [-0.4, -0.2) is 27.7 Å². The molecule has 0 unspecified atom stereocenters. The zero-order chi connectivity index (χ0) is 19.6. The molecule has 1 amide bonds. The summed E-state index contributed by atoms with van der Waals surface area (Å²) in [5, 5.41) is 4.01. The lowest BCUT2D eigenvalue weighted by molar-refractivity contribution is -0.126. The first-order valence-electron chi connectivity index (χ1n) is 9.63. The minimum absolute atomic E-state index is 0.0567. The number of piperidine rings is 1. The Morgan fingerprint density at radius 2 is 1.68 bits per heavy atom. The van der Waals surface area contributed by atoms with Crippen LogP contribution < -0.4 is 5.32 Å². The quantitative estimate of drug-likeness (QED) is 0.592. The lowest BCUT2D eigenvalue weighted by Gasteiger charge is -2.35. The number of aromatic amines is 1. The highest BCUT2D eigenvalue weighted by molar-refractivity contribution is 7.99.